The molecule has 0 aliphatic carbocycles. The van der Waals surface area contributed by atoms with Crippen LogP contribution >= 0.6 is 0 Å². The van der Waals surface area contributed by atoms with E-state index in [-0.39, 0.29) is 42.6 Å². The molecule has 43 heavy (non-hydrogen) atoms. The number of hydrogen-bond donors (Lipinski definition) is 3. The Labute approximate surface area is 262 Å². The Balaban J connectivity index is 1.14. The van der Waals surface area contributed by atoms with Gasteiger partial charge in [0.05, 0.1) is 42.7 Å². The maximum absolute atomic E-state index is 11.7. The normalized spacial score (nSPS) is 27.8. The summed E-state index contributed by atoms with van der Waals surface area (Å²) in [6, 6.07) is 0. The number of cyclic esters (lactones) is 1. The number of aliphatic hydroxyl groups excluding tert-OH is 3. The van der Waals surface area contributed by atoms with Gasteiger partial charge in [0.2, 0.25) is 0 Å². The van der Waals surface area contributed by atoms with Gasteiger partial charge in [0.15, 0.2) is 0 Å². The molecule has 3 heterocycles. The largest absolute Gasteiger partial charge is 0.455 e. The Morgan fingerprint density at radius 1 is 0.674 bits per heavy atom. The summed E-state index contributed by atoms with van der Waals surface area (Å²) >= 11 is 0. The van der Waals surface area contributed by atoms with Crippen molar-refractivity contribution in [1.82, 2.24) is 0 Å². The minimum atomic E-state index is -0.471. The predicted octanol–water partition coefficient (Wildman–Crippen LogP) is 7.47. The molecule has 7 nitrogen and oxygen atoms in total. The minimum Gasteiger partial charge on any atom is -0.455 e. The fourth-order valence-corrected chi connectivity index (χ4v) is 7.11. The Kier molecular flexibility index (Phi) is 17.8. The monoisotopic (exact) mass is 608 g/mol. The first-order valence-electron chi connectivity index (χ1n) is 18.1. The molecule has 3 aliphatic heterocycles. The van der Waals surface area contributed by atoms with Crippen LogP contribution in [0.4, 0.5) is 0 Å². The Hall–Kier alpha value is -0.990. The maximum atomic E-state index is 11.7. The highest BCUT2D eigenvalue weighted by Crippen LogP contribution is 2.34. The third kappa shape index (κ3) is 13.9. The molecule has 0 aromatic rings. The number of esters is 1. The second kappa shape index (κ2) is 20.9. The topological polar surface area (TPSA) is 105 Å². The molecule has 0 spiro atoms. The second-order valence-corrected chi connectivity index (χ2v) is 13.7. The summed E-state index contributed by atoms with van der Waals surface area (Å²) in [6.45, 7) is 4.09. The summed E-state index contributed by atoms with van der Waals surface area (Å²) in [5.74, 6) is -0.285. The SMILES string of the molecule is CCCCCCCCCC[C@@H](O)[C@@H]1CC[C@@H]([C@@H]2CC[C@@H]([C@H](O)CCCCCCCCCC(O)CC3=CC(C)OC3=O)O2)O1. The first-order valence-corrected chi connectivity index (χ1v) is 18.1. The van der Waals surface area contributed by atoms with Crippen LogP contribution in [-0.2, 0) is 19.0 Å². The van der Waals surface area contributed by atoms with E-state index in [1.54, 1.807) is 0 Å². The van der Waals surface area contributed by atoms with E-state index in [1.807, 2.05) is 13.0 Å². The van der Waals surface area contributed by atoms with Gasteiger partial charge in [0.1, 0.15) is 6.10 Å². The van der Waals surface area contributed by atoms with Gasteiger partial charge in [0, 0.05) is 12.0 Å². The summed E-state index contributed by atoms with van der Waals surface area (Å²) in [5.41, 5.74) is 0.612. The summed E-state index contributed by atoms with van der Waals surface area (Å²) in [7, 11) is 0. The standard InChI is InChI=1S/C36H64O7/c1-3-4-5-6-7-10-13-16-19-30(38)32-21-23-34(42-32)35-24-22-33(43-35)31(39)20-17-14-11-8-9-12-15-18-29(37)26-28-25-27(2)41-36(28)40/h25,27,29-35,37-39H,3-24,26H2,1-2H3/t27?,29?,30-,31-,32+,33+,34+,35+/m1/s1. The van der Waals surface area contributed by atoms with Crippen molar-refractivity contribution in [2.45, 2.75) is 210 Å². The highest BCUT2D eigenvalue weighted by molar-refractivity contribution is 5.90. The molecule has 7 heteroatoms. The Morgan fingerprint density at radius 2 is 1.12 bits per heavy atom. The van der Waals surface area contributed by atoms with E-state index in [9.17, 15) is 20.1 Å². The molecular formula is C36H64O7. The zero-order valence-electron chi connectivity index (χ0n) is 27.4. The lowest BCUT2D eigenvalue weighted by Gasteiger charge is -2.24. The van der Waals surface area contributed by atoms with Crippen molar-refractivity contribution in [2.75, 3.05) is 0 Å². The molecule has 0 aromatic heterocycles. The van der Waals surface area contributed by atoms with E-state index in [1.165, 1.54) is 57.8 Å². The van der Waals surface area contributed by atoms with Gasteiger partial charge < -0.3 is 29.5 Å². The van der Waals surface area contributed by atoms with Crippen molar-refractivity contribution >= 4 is 5.97 Å². The van der Waals surface area contributed by atoms with E-state index in [0.717, 1.165) is 83.5 Å². The average Bonchev–Trinajstić information content (AvgIpc) is 3.73. The van der Waals surface area contributed by atoms with Gasteiger partial charge in [-0.3, -0.25) is 0 Å². The van der Waals surface area contributed by atoms with Crippen LogP contribution in [0.3, 0.4) is 0 Å². The number of carbonyl (C=O) groups excluding carboxylic acids is 1. The van der Waals surface area contributed by atoms with Crippen LogP contribution in [0.2, 0.25) is 0 Å². The van der Waals surface area contributed by atoms with E-state index < -0.39 is 12.2 Å². The van der Waals surface area contributed by atoms with Crippen molar-refractivity contribution in [3.8, 4) is 0 Å². The van der Waals surface area contributed by atoms with Gasteiger partial charge in [-0.1, -0.05) is 103 Å². The molecule has 2 unspecified atom stereocenters. The predicted molar refractivity (Wildman–Crippen MR) is 171 cm³/mol. The molecule has 0 radical (unpaired) electrons. The van der Waals surface area contributed by atoms with Crippen molar-refractivity contribution in [1.29, 1.82) is 0 Å². The van der Waals surface area contributed by atoms with Crippen molar-refractivity contribution in [3.05, 3.63) is 11.6 Å². The van der Waals surface area contributed by atoms with Crippen LogP contribution in [0.1, 0.15) is 162 Å². The zero-order chi connectivity index (χ0) is 30.9. The molecule has 0 aromatic carbocycles. The summed E-state index contributed by atoms with van der Waals surface area (Å²) < 4.78 is 17.6. The fourth-order valence-electron chi connectivity index (χ4n) is 7.11. The number of hydrogen-bond acceptors (Lipinski definition) is 7. The highest BCUT2D eigenvalue weighted by Gasteiger charge is 2.40. The summed E-state index contributed by atoms with van der Waals surface area (Å²) in [5, 5.41) is 31.6. The highest BCUT2D eigenvalue weighted by atomic mass is 16.6. The lowest BCUT2D eigenvalue weighted by Crippen LogP contribution is -2.33. The summed E-state index contributed by atoms with van der Waals surface area (Å²) in [6.07, 6.45) is 24.7. The fraction of sp³-hybridized carbons (Fsp3) is 0.917. The molecular weight excluding hydrogens is 544 g/mol. The van der Waals surface area contributed by atoms with Crippen molar-refractivity contribution in [3.63, 3.8) is 0 Å². The molecule has 3 N–H and O–H groups in total. The van der Waals surface area contributed by atoms with Crippen LogP contribution in [-0.4, -0.2) is 70.1 Å². The molecule has 0 saturated carbocycles. The maximum Gasteiger partial charge on any atom is 0.334 e. The van der Waals surface area contributed by atoms with E-state index in [4.69, 9.17) is 14.2 Å². The molecule has 8 atom stereocenters. The van der Waals surface area contributed by atoms with Gasteiger partial charge in [-0.05, 0) is 57.9 Å². The zero-order valence-corrected chi connectivity index (χ0v) is 27.4. The second-order valence-electron chi connectivity index (χ2n) is 13.7. The van der Waals surface area contributed by atoms with E-state index >= 15 is 0 Å². The van der Waals surface area contributed by atoms with Gasteiger partial charge in [0.25, 0.3) is 0 Å². The van der Waals surface area contributed by atoms with Crippen LogP contribution in [0.5, 0.6) is 0 Å². The average molecular weight is 609 g/mol. The third-order valence-corrected chi connectivity index (χ3v) is 9.78. The van der Waals surface area contributed by atoms with Gasteiger partial charge in [-0.15, -0.1) is 0 Å². The van der Waals surface area contributed by atoms with Crippen LogP contribution in [0.15, 0.2) is 11.6 Å². The third-order valence-electron chi connectivity index (χ3n) is 9.78. The lowest BCUT2D eigenvalue weighted by molar-refractivity contribution is -0.139. The smallest absolute Gasteiger partial charge is 0.334 e. The lowest BCUT2D eigenvalue weighted by atomic mass is 10.00. The quantitative estimate of drug-likeness (QED) is 0.0771. The number of rotatable bonds is 24. The Morgan fingerprint density at radius 3 is 1.56 bits per heavy atom. The molecule has 2 fully saturated rings. The van der Waals surface area contributed by atoms with Crippen LogP contribution < -0.4 is 0 Å². The van der Waals surface area contributed by atoms with Crippen LogP contribution in [0, 0.1) is 0 Å². The number of carbonyl (C=O) groups is 1. The molecule has 250 valence electrons. The number of aliphatic hydroxyl groups is 3. The van der Waals surface area contributed by atoms with Crippen LogP contribution in [0.25, 0.3) is 0 Å². The minimum absolute atomic E-state index is 0.0470. The van der Waals surface area contributed by atoms with Gasteiger partial charge >= 0.3 is 5.97 Å². The molecule has 2 saturated heterocycles. The van der Waals surface area contributed by atoms with E-state index in [0.29, 0.717) is 12.0 Å². The molecule has 3 rings (SSSR count). The van der Waals surface area contributed by atoms with Gasteiger partial charge in [-0.25, -0.2) is 4.79 Å². The number of unbranched alkanes of at least 4 members (excludes halogenated alkanes) is 13. The molecule has 0 bridgehead atoms. The van der Waals surface area contributed by atoms with E-state index in [2.05, 4.69) is 6.92 Å². The van der Waals surface area contributed by atoms with Gasteiger partial charge in [-0.2, -0.15) is 0 Å². The van der Waals surface area contributed by atoms with Crippen molar-refractivity contribution in [2.24, 2.45) is 0 Å². The Bertz CT molecular complexity index is 786. The molecule has 3 aliphatic rings. The van der Waals surface area contributed by atoms with Crippen molar-refractivity contribution < 1.29 is 34.3 Å². The first kappa shape index (κ1) is 36.5. The first-order chi connectivity index (χ1) is 20.9. The number of ether oxygens (including phenoxy) is 3. The molecule has 0 amide bonds. The summed E-state index contributed by atoms with van der Waals surface area (Å²) in [4.78, 5) is 11.7.